The number of fused-ring (bicyclic) bond motifs is 10. The quantitative estimate of drug-likeness (QED) is 0.162. The first-order valence-electron chi connectivity index (χ1n) is 23.6. The number of nitrogens with zero attached hydrogens (tertiary/aromatic N) is 2. The van der Waals surface area contributed by atoms with Gasteiger partial charge in [0, 0.05) is 48.4 Å². The van der Waals surface area contributed by atoms with Gasteiger partial charge in [-0.05, 0) is 146 Å². The molecule has 11 rings (SSSR count). The van der Waals surface area contributed by atoms with E-state index in [1.54, 1.807) is 0 Å². The second-order valence-corrected chi connectivity index (χ2v) is 24.9. The van der Waals surface area contributed by atoms with E-state index in [-0.39, 0.29) is 33.8 Å². The maximum Gasteiger partial charge on any atom is 0.264 e. The third-order valence-electron chi connectivity index (χ3n) is 15.2. The lowest BCUT2D eigenvalue weighted by Crippen LogP contribution is -2.61. The van der Waals surface area contributed by atoms with Crippen molar-refractivity contribution in [3.8, 4) is 0 Å². The van der Waals surface area contributed by atoms with Crippen molar-refractivity contribution in [2.75, 3.05) is 9.80 Å². The Labute approximate surface area is 385 Å². The standard InChI is InChI=1S/C59H63BN2OS/c1-34-29-46-51-47(30-34)62(44-25-24-40(57(8,9)10)50-38-17-15-16-18-48(38)63-53(44)50)45-33-42-41(58(11,12)27-28-59(42,13)14)32-43(45)60(51)54-52(39-31-36(56(5,6)7)21-26-49(39)64-54)61(46)37-22-19-35(20-23-37)55(2,3)4/h15-26,29-33H,27-28H2,1-14H3. The lowest BCUT2D eigenvalue weighted by atomic mass is 9.35. The van der Waals surface area contributed by atoms with E-state index in [1.165, 1.54) is 98.4 Å². The molecule has 0 atom stereocenters. The number of hydrogen-bond donors (Lipinski definition) is 0. The van der Waals surface area contributed by atoms with Crippen LogP contribution in [0.5, 0.6) is 0 Å². The summed E-state index contributed by atoms with van der Waals surface area (Å²) in [7, 11) is 0. The fourth-order valence-corrected chi connectivity index (χ4v) is 12.7. The van der Waals surface area contributed by atoms with Gasteiger partial charge in [0.25, 0.3) is 6.71 Å². The number of aryl methyl sites for hydroxylation is 1. The van der Waals surface area contributed by atoms with Gasteiger partial charge in [0.1, 0.15) is 5.58 Å². The molecule has 1 aliphatic carbocycles. The minimum absolute atomic E-state index is 0.0123. The van der Waals surface area contributed by atoms with Crippen LogP contribution in [0.2, 0.25) is 0 Å². The van der Waals surface area contributed by atoms with Crippen molar-refractivity contribution in [2.24, 2.45) is 0 Å². The fourth-order valence-electron chi connectivity index (χ4n) is 11.4. The number of para-hydroxylation sites is 1. The summed E-state index contributed by atoms with van der Waals surface area (Å²) in [4.78, 5) is 5.24. The van der Waals surface area contributed by atoms with Crippen LogP contribution in [-0.2, 0) is 27.1 Å². The highest BCUT2D eigenvalue weighted by Crippen LogP contribution is 2.54. The van der Waals surface area contributed by atoms with Gasteiger partial charge in [-0.1, -0.05) is 139 Å². The van der Waals surface area contributed by atoms with Crippen molar-refractivity contribution in [1.82, 2.24) is 0 Å². The van der Waals surface area contributed by atoms with Gasteiger partial charge in [-0.2, -0.15) is 0 Å². The Hall–Kier alpha value is -5.26. The third-order valence-corrected chi connectivity index (χ3v) is 16.4. The van der Waals surface area contributed by atoms with E-state index in [0.29, 0.717) is 0 Å². The molecule has 0 N–H and O–H groups in total. The number of rotatable bonds is 2. The summed E-state index contributed by atoms with van der Waals surface area (Å²) in [6, 6.07) is 40.3. The smallest absolute Gasteiger partial charge is 0.264 e. The van der Waals surface area contributed by atoms with Crippen LogP contribution in [0.1, 0.15) is 136 Å². The van der Waals surface area contributed by atoms with Crippen molar-refractivity contribution >= 4 is 99.9 Å². The van der Waals surface area contributed by atoms with Gasteiger partial charge < -0.3 is 14.2 Å². The number of benzene rings is 6. The van der Waals surface area contributed by atoms with Crippen molar-refractivity contribution in [3.63, 3.8) is 0 Å². The van der Waals surface area contributed by atoms with Gasteiger partial charge in [0.2, 0.25) is 0 Å². The molecule has 0 bridgehead atoms. The predicted molar refractivity (Wildman–Crippen MR) is 279 cm³/mol. The molecule has 324 valence electrons. The lowest BCUT2D eigenvalue weighted by molar-refractivity contribution is 0.332. The van der Waals surface area contributed by atoms with Crippen LogP contribution in [-0.4, -0.2) is 6.71 Å². The molecule has 0 unspecified atom stereocenters. The Morgan fingerprint density at radius 1 is 0.594 bits per heavy atom. The molecule has 64 heavy (non-hydrogen) atoms. The Kier molecular flexibility index (Phi) is 8.69. The summed E-state index contributed by atoms with van der Waals surface area (Å²) in [5, 5.41) is 3.73. The first-order valence-corrected chi connectivity index (χ1v) is 24.4. The zero-order valence-corrected chi connectivity index (χ0v) is 41.3. The minimum atomic E-state index is -0.0843. The second-order valence-electron chi connectivity index (χ2n) is 23.8. The molecule has 0 saturated carbocycles. The number of anilines is 6. The van der Waals surface area contributed by atoms with Crippen LogP contribution in [0.15, 0.2) is 108 Å². The molecule has 0 spiro atoms. The summed E-state index contributed by atoms with van der Waals surface area (Å²) < 4.78 is 9.89. The van der Waals surface area contributed by atoms with E-state index in [4.69, 9.17) is 4.42 Å². The molecule has 8 aromatic rings. The molecule has 0 fully saturated rings. The zero-order chi connectivity index (χ0) is 45.2. The fraction of sp³-hybridized carbons (Fsp3) is 0.356. The van der Waals surface area contributed by atoms with E-state index < -0.39 is 0 Å². The SMILES string of the molecule is Cc1cc2c3c(c1)N(c1ccc(C(C)(C)C)c4c1oc1ccccc14)c1cc4c(cc1B3c1sc3ccc(C(C)(C)C)cc3c1N2c1ccc(C(C)(C)C)cc1)C(C)(C)CCC4(C)C. The highest BCUT2D eigenvalue weighted by molar-refractivity contribution is 7.33. The summed E-state index contributed by atoms with van der Waals surface area (Å²) >= 11 is 2.00. The molecule has 0 radical (unpaired) electrons. The van der Waals surface area contributed by atoms with Crippen LogP contribution < -0.4 is 25.5 Å². The highest BCUT2D eigenvalue weighted by Gasteiger charge is 2.48. The molecule has 3 nitrogen and oxygen atoms in total. The third kappa shape index (κ3) is 6.05. The topological polar surface area (TPSA) is 19.6 Å². The van der Waals surface area contributed by atoms with Crippen LogP contribution in [0, 0.1) is 6.92 Å². The van der Waals surface area contributed by atoms with Gasteiger partial charge in [0.15, 0.2) is 5.58 Å². The van der Waals surface area contributed by atoms with Crippen LogP contribution in [0.25, 0.3) is 32.0 Å². The molecule has 3 aliphatic rings. The van der Waals surface area contributed by atoms with Crippen LogP contribution >= 0.6 is 11.3 Å². The number of hydrogen-bond acceptors (Lipinski definition) is 4. The second kappa shape index (κ2) is 13.4. The van der Waals surface area contributed by atoms with Crippen molar-refractivity contribution in [2.45, 2.75) is 137 Å². The van der Waals surface area contributed by atoms with E-state index in [9.17, 15) is 0 Å². The summed E-state index contributed by atoms with van der Waals surface area (Å²) in [5.74, 6) is 0. The van der Waals surface area contributed by atoms with E-state index >= 15 is 0 Å². The van der Waals surface area contributed by atoms with Gasteiger partial charge >= 0.3 is 0 Å². The Bertz CT molecular complexity index is 3250. The minimum Gasteiger partial charge on any atom is -0.454 e. The molecule has 0 saturated heterocycles. The average molecular weight is 859 g/mol. The van der Waals surface area contributed by atoms with Crippen molar-refractivity contribution in [3.05, 3.63) is 137 Å². The first kappa shape index (κ1) is 41.4. The van der Waals surface area contributed by atoms with Crippen molar-refractivity contribution in [1.29, 1.82) is 0 Å². The van der Waals surface area contributed by atoms with Gasteiger partial charge in [-0.25, -0.2) is 0 Å². The van der Waals surface area contributed by atoms with E-state index in [0.717, 1.165) is 29.7 Å². The summed E-state index contributed by atoms with van der Waals surface area (Å²) in [6.07, 6.45) is 2.32. The Morgan fingerprint density at radius 3 is 1.88 bits per heavy atom. The maximum absolute atomic E-state index is 7.13. The van der Waals surface area contributed by atoms with E-state index in [2.05, 4.69) is 210 Å². The molecular weight excluding hydrogens is 796 g/mol. The normalized spacial score (nSPS) is 16.6. The summed E-state index contributed by atoms with van der Waals surface area (Å²) in [6.45, 7) is 33.1. The zero-order valence-electron chi connectivity index (χ0n) is 40.5. The monoisotopic (exact) mass is 858 g/mol. The molecule has 4 heterocycles. The molecular formula is C59H63BN2OS. The predicted octanol–water partition coefficient (Wildman–Crippen LogP) is 15.4. The Morgan fingerprint density at radius 2 is 1.22 bits per heavy atom. The van der Waals surface area contributed by atoms with Crippen LogP contribution in [0.4, 0.5) is 34.1 Å². The summed E-state index contributed by atoms with van der Waals surface area (Å²) in [5.41, 5.74) is 20.3. The van der Waals surface area contributed by atoms with Gasteiger partial charge in [0.05, 0.1) is 11.4 Å². The average Bonchev–Trinajstić information content (AvgIpc) is 3.80. The van der Waals surface area contributed by atoms with Gasteiger partial charge in [-0.15, -0.1) is 11.3 Å². The molecule has 5 heteroatoms. The molecule has 2 aromatic heterocycles. The first-order chi connectivity index (χ1) is 30.0. The number of furan rings is 1. The largest absolute Gasteiger partial charge is 0.454 e. The van der Waals surface area contributed by atoms with Gasteiger partial charge in [-0.3, -0.25) is 0 Å². The van der Waals surface area contributed by atoms with E-state index in [1.807, 2.05) is 11.3 Å². The molecule has 2 aliphatic heterocycles. The van der Waals surface area contributed by atoms with Crippen LogP contribution in [0.3, 0.4) is 0 Å². The molecule has 0 amide bonds. The van der Waals surface area contributed by atoms with Crippen molar-refractivity contribution < 1.29 is 4.42 Å². The lowest BCUT2D eigenvalue weighted by Gasteiger charge is -2.47. The Balaban J connectivity index is 1.29. The maximum atomic E-state index is 7.13. The highest BCUT2D eigenvalue weighted by atomic mass is 32.1. The number of thiophene rings is 1. The molecule has 6 aromatic carbocycles.